The van der Waals surface area contributed by atoms with E-state index < -0.39 is 0 Å². The summed E-state index contributed by atoms with van der Waals surface area (Å²) in [5.41, 5.74) is 2.00. The number of amides is 1. The molecular weight excluding hydrogens is 410 g/mol. The van der Waals surface area contributed by atoms with Crippen LogP contribution in [0.5, 0.6) is 0 Å². The van der Waals surface area contributed by atoms with Gasteiger partial charge in [0.05, 0.1) is 32.4 Å². The molecule has 0 spiro atoms. The zero-order valence-electron chi connectivity index (χ0n) is 15.3. The molecule has 1 amide bonds. The second-order valence-corrected chi connectivity index (χ2v) is 9.53. The third-order valence-electron chi connectivity index (χ3n) is 4.02. The number of nitrogens with one attached hydrogen (secondary N) is 1. The van der Waals surface area contributed by atoms with Gasteiger partial charge in [-0.3, -0.25) is 4.79 Å². The molecule has 0 unspecified atom stereocenters. The molecule has 0 bridgehead atoms. The van der Waals surface area contributed by atoms with Crippen molar-refractivity contribution in [3.8, 4) is 10.6 Å². The molecule has 0 atom stereocenters. The Morgan fingerprint density at radius 1 is 1.14 bits per heavy atom. The molecular formula is C20H19N3O2S3. The van der Waals surface area contributed by atoms with Gasteiger partial charge in [-0.05, 0) is 37.6 Å². The van der Waals surface area contributed by atoms with Crippen LogP contribution < -0.4 is 5.32 Å². The van der Waals surface area contributed by atoms with Crippen LogP contribution in [0.3, 0.4) is 0 Å². The largest absolute Gasteiger partial charge is 0.364 e. The SMILES string of the molecule is Cc1nc(-c2ccc(CCNC(=O)COCc3nc4ccccc4s3)s2)cs1. The maximum absolute atomic E-state index is 12.0. The van der Waals surface area contributed by atoms with Crippen LogP contribution in [0.4, 0.5) is 0 Å². The molecule has 0 saturated heterocycles. The fourth-order valence-corrected chi connectivity index (χ4v) is 5.28. The minimum Gasteiger partial charge on any atom is -0.364 e. The highest BCUT2D eigenvalue weighted by Gasteiger charge is 2.08. The second kappa shape index (κ2) is 8.91. The smallest absolute Gasteiger partial charge is 0.246 e. The lowest BCUT2D eigenvalue weighted by atomic mass is 10.3. The first kappa shape index (κ1) is 19.2. The number of aryl methyl sites for hydroxylation is 1. The zero-order chi connectivity index (χ0) is 19.3. The van der Waals surface area contributed by atoms with Crippen molar-refractivity contribution in [3.05, 3.63) is 56.7 Å². The summed E-state index contributed by atoms with van der Waals surface area (Å²) in [5, 5.41) is 6.95. The summed E-state index contributed by atoms with van der Waals surface area (Å²) in [7, 11) is 0. The number of hydrogen-bond donors (Lipinski definition) is 1. The van der Waals surface area contributed by atoms with Crippen LogP contribution in [0.25, 0.3) is 20.8 Å². The third kappa shape index (κ3) is 4.82. The summed E-state index contributed by atoms with van der Waals surface area (Å²) in [4.78, 5) is 23.4. The number of carbonyl (C=O) groups excluding carboxylic acids is 1. The topological polar surface area (TPSA) is 64.1 Å². The van der Waals surface area contributed by atoms with Crippen molar-refractivity contribution < 1.29 is 9.53 Å². The first-order valence-electron chi connectivity index (χ1n) is 8.87. The summed E-state index contributed by atoms with van der Waals surface area (Å²) in [6.07, 6.45) is 0.803. The van der Waals surface area contributed by atoms with Crippen LogP contribution in [-0.2, 0) is 22.6 Å². The van der Waals surface area contributed by atoms with Crippen LogP contribution >= 0.6 is 34.0 Å². The lowest BCUT2D eigenvalue weighted by molar-refractivity contribution is -0.126. The molecule has 4 rings (SSSR count). The number of rotatable bonds is 8. The molecule has 4 aromatic rings. The van der Waals surface area contributed by atoms with Crippen molar-refractivity contribution in [2.45, 2.75) is 20.0 Å². The van der Waals surface area contributed by atoms with Crippen molar-refractivity contribution in [1.29, 1.82) is 0 Å². The maximum atomic E-state index is 12.0. The lowest BCUT2D eigenvalue weighted by Crippen LogP contribution is -2.29. The predicted molar refractivity (Wildman–Crippen MR) is 116 cm³/mol. The average molecular weight is 430 g/mol. The molecule has 28 heavy (non-hydrogen) atoms. The highest BCUT2D eigenvalue weighted by Crippen LogP contribution is 2.29. The Bertz CT molecular complexity index is 1050. The molecule has 3 heterocycles. The highest BCUT2D eigenvalue weighted by molar-refractivity contribution is 7.18. The number of fused-ring (bicyclic) bond motifs is 1. The Labute approximate surface area is 175 Å². The number of para-hydroxylation sites is 1. The van der Waals surface area contributed by atoms with Crippen LogP contribution in [-0.4, -0.2) is 29.0 Å². The second-order valence-electron chi connectivity index (χ2n) is 6.19. The molecule has 0 fully saturated rings. The van der Waals surface area contributed by atoms with E-state index in [0.717, 1.165) is 32.3 Å². The molecule has 1 aromatic carbocycles. The number of thiazole rings is 2. The van der Waals surface area contributed by atoms with E-state index in [-0.39, 0.29) is 12.5 Å². The molecule has 0 aliphatic carbocycles. The van der Waals surface area contributed by atoms with Crippen LogP contribution in [0, 0.1) is 6.92 Å². The van der Waals surface area contributed by atoms with Gasteiger partial charge in [0.2, 0.25) is 5.91 Å². The van der Waals surface area contributed by atoms with E-state index in [9.17, 15) is 4.79 Å². The Morgan fingerprint density at radius 3 is 2.86 bits per heavy atom. The molecule has 0 aliphatic heterocycles. The van der Waals surface area contributed by atoms with Gasteiger partial charge in [0, 0.05) is 16.8 Å². The molecule has 0 saturated carbocycles. The molecule has 8 heteroatoms. The summed E-state index contributed by atoms with van der Waals surface area (Å²) < 4.78 is 6.64. The van der Waals surface area contributed by atoms with Gasteiger partial charge in [0.25, 0.3) is 0 Å². The Kier molecular flexibility index (Phi) is 6.11. The van der Waals surface area contributed by atoms with Crippen molar-refractivity contribution >= 4 is 50.1 Å². The number of aromatic nitrogens is 2. The van der Waals surface area contributed by atoms with Gasteiger partial charge in [-0.25, -0.2) is 9.97 Å². The van der Waals surface area contributed by atoms with Crippen LogP contribution in [0.15, 0.2) is 41.8 Å². The van der Waals surface area contributed by atoms with Gasteiger partial charge in [-0.2, -0.15) is 0 Å². The van der Waals surface area contributed by atoms with Gasteiger partial charge in [-0.1, -0.05) is 12.1 Å². The molecule has 0 aliphatic rings. The van der Waals surface area contributed by atoms with Gasteiger partial charge in [0.15, 0.2) is 0 Å². The lowest BCUT2D eigenvalue weighted by Gasteiger charge is -2.04. The molecule has 144 valence electrons. The van der Waals surface area contributed by atoms with Crippen molar-refractivity contribution in [2.75, 3.05) is 13.2 Å². The Hall–Kier alpha value is -2.13. The van der Waals surface area contributed by atoms with Gasteiger partial charge < -0.3 is 10.1 Å². The summed E-state index contributed by atoms with van der Waals surface area (Å²) >= 11 is 4.98. The summed E-state index contributed by atoms with van der Waals surface area (Å²) in [6.45, 7) is 3.01. The molecule has 5 nitrogen and oxygen atoms in total. The fourth-order valence-electron chi connectivity index (χ4n) is 2.72. The monoisotopic (exact) mass is 429 g/mol. The van der Waals surface area contributed by atoms with E-state index in [4.69, 9.17) is 4.74 Å². The van der Waals surface area contributed by atoms with E-state index in [1.54, 1.807) is 34.0 Å². The number of hydrogen-bond acceptors (Lipinski definition) is 7. The minimum absolute atomic E-state index is 0.0454. The third-order valence-corrected chi connectivity index (χ3v) is 6.97. The van der Waals surface area contributed by atoms with Gasteiger partial charge in [-0.15, -0.1) is 34.0 Å². The molecule has 3 aromatic heterocycles. The number of ether oxygens (including phenoxy) is 1. The first-order chi connectivity index (χ1) is 13.7. The normalized spacial score (nSPS) is 11.2. The van der Waals surface area contributed by atoms with E-state index in [0.29, 0.717) is 13.2 Å². The maximum Gasteiger partial charge on any atom is 0.246 e. The first-order valence-corrected chi connectivity index (χ1v) is 11.4. The Morgan fingerprint density at radius 2 is 2.04 bits per heavy atom. The standard InChI is InChI=1S/C20H19N3O2S3/c1-13-22-16(12-26-13)18-7-6-14(27-18)8-9-21-19(24)10-25-11-20-23-15-4-2-3-5-17(15)28-20/h2-7,12H,8-11H2,1H3,(H,21,24). The van der Waals surface area contributed by atoms with Gasteiger partial charge >= 0.3 is 0 Å². The van der Waals surface area contributed by atoms with E-state index in [2.05, 4.69) is 32.8 Å². The van der Waals surface area contributed by atoms with Gasteiger partial charge in [0.1, 0.15) is 11.6 Å². The van der Waals surface area contributed by atoms with E-state index in [1.807, 2.05) is 31.2 Å². The molecule has 0 radical (unpaired) electrons. The quantitative estimate of drug-likeness (QED) is 0.442. The number of nitrogens with zero attached hydrogens (tertiary/aromatic N) is 2. The minimum atomic E-state index is -0.104. The molecule has 1 N–H and O–H groups in total. The zero-order valence-corrected chi connectivity index (χ0v) is 17.8. The average Bonchev–Trinajstić information content (AvgIpc) is 3.40. The van der Waals surface area contributed by atoms with Crippen LogP contribution in [0.1, 0.15) is 14.9 Å². The number of thiophene rings is 1. The predicted octanol–water partition coefficient (Wildman–Crippen LogP) is 4.67. The van der Waals surface area contributed by atoms with Crippen molar-refractivity contribution in [3.63, 3.8) is 0 Å². The van der Waals surface area contributed by atoms with E-state index in [1.165, 1.54) is 9.75 Å². The Balaban J connectivity index is 1.18. The summed E-state index contributed by atoms with van der Waals surface area (Å²) in [5.74, 6) is -0.104. The van der Waals surface area contributed by atoms with Crippen LogP contribution in [0.2, 0.25) is 0 Å². The number of carbonyl (C=O) groups is 1. The fraction of sp³-hybridized carbons (Fsp3) is 0.250. The highest BCUT2D eigenvalue weighted by atomic mass is 32.1. The van der Waals surface area contributed by atoms with Crippen molar-refractivity contribution in [1.82, 2.24) is 15.3 Å². The number of benzene rings is 1. The summed E-state index contributed by atoms with van der Waals surface area (Å²) in [6, 6.07) is 12.2. The van der Waals surface area contributed by atoms with Crippen molar-refractivity contribution in [2.24, 2.45) is 0 Å². The van der Waals surface area contributed by atoms with E-state index >= 15 is 0 Å².